The molecule has 4 aromatic rings. The van der Waals surface area contributed by atoms with Gasteiger partial charge in [-0.2, -0.15) is 9.97 Å². The van der Waals surface area contributed by atoms with Gasteiger partial charge in [0.15, 0.2) is 12.6 Å². The number of benzene rings is 2. The smallest absolute Gasteiger partial charge is 0.319 e. The molecule has 2 aromatic heterocycles. The molecule has 12 heteroatoms. The highest BCUT2D eigenvalue weighted by Gasteiger charge is 2.49. The van der Waals surface area contributed by atoms with Crippen molar-refractivity contribution in [1.29, 1.82) is 0 Å². The van der Waals surface area contributed by atoms with Gasteiger partial charge in [-0.05, 0) is 73.2 Å². The third-order valence-electron chi connectivity index (χ3n) is 9.98. The lowest BCUT2D eigenvalue weighted by molar-refractivity contribution is 0.0512. The zero-order valence-electron chi connectivity index (χ0n) is 27.0. The molecule has 0 amide bonds. The first-order chi connectivity index (χ1) is 22.8. The monoisotopic (exact) mass is 651 g/mol. The Kier molecular flexibility index (Phi) is 8.84. The first-order valence-corrected chi connectivity index (χ1v) is 16.4. The van der Waals surface area contributed by atoms with E-state index in [0.717, 1.165) is 32.2 Å². The number of aromatic nitrogens is 3. The summed E-state index contributed by atoms with van der Waals surface area (Å²) in [4.78, 5) is 18.3. The number of hydrogen-bond acceptors (Lipinski definition) is 9. The molecule has 0 aliphatic carbocycles. The van der Waals surface area contributed by atoms with Crippen LogP contribution in [0.2, 0.25) is 0 Å². The Bertz CT molecular complexity index is 1790. The highest BCUT2D eigenvalue weighted by molar-refractivity contribution is 6.01. The molecule has 2 aromatic carbocycles. The van der Waals surface area contributed by atoms with Gasteiger partial charge in [-0.15, -0.1) is 0 Å². The number of hydrogen-bond donors (Lipinski definition) is 0. The predicted octanol–water partition coefficient (Wildman–Crippen LogP) is 6.24. The second-order valence-electron chi connectivity index (χ2n) is 12.8. The molecule has 0 bridgehead atoms. The number of ether oxygens (including phenoxy) is 4. The van der Waals surface area contributed by atoms with E-state index < -0.39 is 17.5 Å². The fraction of sp³-hybridized carbons (Fsp3) is 0.514. The van der Waals surface area contributed by atoms with E-state index in [2.05, 4.69) is 19.8 Å². The van der Waals surface area contributed by atoms with Gasteiger partial charge in [0.1, 0.15) is 41.4 Å². The minimum atomic E-state index is -0.909. The lowest BCUT2D eigenvalue weighted by Crippen LogP contribution is -2.43. The van der Waals surface area contributed by atoms with Crippen molar-refractivity contribution < 1.29 is 32.1 Å². The number of rotatable bonds is 10. The third kappa shape index (κ3) is 5.84. The van der Waals surface area contributed by atoms with Crippen LogP contribution in [0.3, 0.4) is 0 Å². The molecular weight excluding hydrogens is 611 g/mol. The highest BCUT2D eigenvalue weighted by atomic mass is 19.1. The van der Waals surface area contributed by atoms with Crippen LogP contribution < -0.4 is 14.4 Å². The number of piperidine rings is 1. The van der Waals surface area contributed by atoms with Crippen molar-refractivity contribution in [3.63, 3.8) is 0 Å². The Labute approximate surface area is 272 Å². The summed E-state index contributed by atoms with van der Waals surface area (Å²) in [5, 5.41) is 1.66. The molecule has 3 atom stereocenters. The molecule has 250 valence electrons. The van der Waals surface area contributed by atoms with Gasteiger partial charge in [0.25, 0.3) is 0 Å². The van der Waals surface area contributed by atoms with Crippen LogP contribution in [0.4, 0.5) is 19.0 Å². The van der Waals surface area contributed by atoms with Crippen LogP contribution in [0, 0.1) is 11.6 Å². The van der Waals surface area contributed by atoms with Gasteiger partial charge in [-0.25, -0.2) is 13.2 Å². The number of nitrogens with zero attached hydrogens (tertiary/aromatic N) is 5. The minimum Gasteiger partial charge on any atom is -0.468 e. The number of halogens is 3. The summed E-state index contributed by atoms with van der Waals surface area (Å²) in [6.45, 7) is 4.53. The summed E-state index contributed by atoms with van der Waals surface area (Å²) in [6.07, 6.45) is 5.01. The van der Waals surface area contributed by atoms with E-state index >= 15 is 8.78 Å². The second kappa shape index (κ2) is 13.0. The maximum absolute atomic E-state index is 17.0. The van der Waals surface area contributed by atoms with E-state index in [4.69, 9.17) is 23.9 Å². The fourth-order valence-electron chi connectivity index (χ4n) is 7.72. The summed E-state index contributed by atoms with van der Waals surface area (Å²) >= 11 is 0. The van der Waals surface area contributed by atoms with Crippen molar-refractivity contribution in [2.75, 3.05) is 58.7 Å². The maximum atomic E-state index is 17.0. The number of anilines is 1. The Morgan fingerprint density at radius 2 is 1.91 bits per heavy atom. The minimum absolute atomic E-state index is 0.00584. The zero-order chi connectivity index (χ0) is 32.7. The molecule has 3 fully saturated rings. The first-order valence-electron chi connectivity index (χ1n) is 16.4. The largest absolute Gasteiger partial charge is 0.468 e. The van der Waals surface area contributed by atoms with Gasteiger partial charge in [0, 0.05) is 52.0 Å². The van der Waals surface area contributed by atoms with Gasteiger partial charge in [-0.3, -0.25) is 9.88 Å². The van der Waals surface area contributed by atoms with Crippen LogP contribution in [-0.4, -0.2) is 91.5 Å². The van der Waals surface area contributed by atoms with E-state index in [1.54, 1.807) is 31.5 Å². The fourth-order valence-corrected chi connectivity index (χ4v) is 7.72. The molecule has 3 aliphatic rings. The third-order valence-corrected chi connectivity index (χ3v) is 9.98. The molecule has 3 saturated heterocycles. The Morgan fingerprint density at radius 3 is 2.72 bits per heavy atom. The van der Waals surface area contributed by atoms with Gasteiger partial charge in [-0.1, -0.05) is 13.0 Å². The van der Waals surface area contributed by atoms with Gasteiger partial charge in [0.05, 0.1) is 17.0 Å². The molecule has 0 spiro atoms. The van der Waals surface area contributed by atoms with Gasteiger partial charge < -0.3 is 23.8 Å². The molecule has 0 saturated carbocycles. The van der Waals surface area contributed by atoms with Crippen molar-refractivity contribution in [3.8, 4) is 23.0 Å². The topological polar surface area (TPSA) is 82.1 Å². The predicted molar refractivity (Wildman–Crippen MR) is 173 cm³/mol. The average molecular weight is 652 g/mol. The van der Waals surface area contributed by atoms with Gasteiger partial charge >= 0.3 is 6.01 Å². The molecule has 0 N–H and O–H groups in total. The molecule has 5 heterocycles. The molecule has 0 radical (unpaired) electrons. The van der Waals surface area contributed by atoms with E-state index in [-0.39, 0.29) is 42.5 Å². The highest BCUT2D eigenvalue weighted by Crippen LogP contribution is 2.42. The van der Waals surface area contributed by atoms with E-state index in [1.165, 1.54) is 13.2 Å². The van der Waals surface area contributed by atoms with Crippen LogP contribution >= 0.6 is 0 Å². The maximum Gasteiger partial charge on any atom is 0.319 e. The number of pyridine rings is 1. The summed E-state index contributed by atoms with van der Waals surface area (Å²) in [7, 11) is 3.20. The van der Waals surface area contributed by atoms with Crippen molar-refractivity contribution in [2.45, 2.75) is 63.3 Å². The average Bonchev–Trinajstić information content (AvgIpc) is 3.61. The normalized spacial score (nSPS) is 23.1. The van der Waals surface area contributed by atoms with Crippen molar-refractivity contribution in [2.24, 2.45) is 0 Å². The standard InChI is InChI=1S/C35H40F3N5O4/c1-4-25-28(37)9-8-21-13-24(47-20-44-2)14-26(29(21)25)31-30(38)32-27(16-39-31)33(42-11-5-7-23(18-42)45-3)41-34(40-32)46-19-35-10-6-12-43(35)17-22(36)15-35/h8-9,13-14,16,22-23H,4-7,10-12,15,17-20H2,1-3H3/t22-,23?,35?/m1/s1. The molecule has 47 heavy (non-hydrogen) atoms. The van der Waals surface area contributed by atoms with Crippen molar-refractivity contribution >= 4 is 27.5 Å². The lowest BCUT2D eigenvalue weighted by atomic mass is 9.94. The van der Waals surface area contributed by atoms with E-state index in [9.17, 15) is 4.39 Å². The molecule has 7 rings (SSSR count). The van der Waals surface area contributed by atoms with Gasteiger partial charge in [0.2, 0.25) is 0 Å². The summed E-state index contributed by atoms with van der Waals surface area (Å²) in [5.41, 5.74) is 0.451. The number of fused-ring (bicyclic) bond motifs is 3. The van der Waals surface area contributed by atoms with Crippen LogP contribution in [0.15, 0.2) is 30.5 Å². The van der Waals surface area contributed by atoms with Crippen LogP contribution in [-0.2, 0) is 15.9 Å². The van der Waals surface area contributed by atoms with E-state index in [1.807, 2.05) is 6.92 Å². The quantitative estimate of drug-likeness (QED) is 0.185. The lowest BCUT2D eigenvalue weighted by Gasteiger charge is -2.34. The molecular formula is C35H40F3N5O4. The molecule has 3 aliphatic heterocycles. The second-order valence-corrected chi connectivity index (χ2v) is 12.8. The number of alkyl halides is 1. The Balaban J connectivity index is 1.38. The SMILES string of the molecule is CCc1c(F)ccc2cc(OCOC)cc(-c3ncc4c(N5CCCC(OC)C5)nc(OCC56CCCN5C[C@H](F)C6)nc4c3F)c12. The zero-order valence-corrected chi connectivity index (χ0v) is 27.0. The van der Waals surface area contributed by atoms with E-state index in [0.29, 0.717) is 71.3 Å². The van der Waals surface area contributed by atoms with Crippen molar-refractivity contribution in [3.05, 3.63) is 47.7 Å². The summed E-state index contributed by atoms with van der Waals surface area (Å²) in [5.74, 6) is -0.131. The van der Waals surface area contributed by atoms with Crippen LogP contribution in [0.1, 0.15) is 44.6 Å². The number of methoxy groups -OCH3 is 2. The Morgan fingerprint density at radius 1 is 1.04 bits per heavy atom. The van der Waals surface area contributed by atoms with Crippen molar-refractivity contribution in [1.82, 2.24) is 19.9 Å². The number of aryl methyl sites for hydroxylation is 1. The Hall–Kier alpha value is -3.74. The van der Waals surface area contributed by atoms with Crippen LogP contribution in [0.5, 0.6) is 11.8 Å². The molecule has 2 unspecified atom stereocenters. The molecule has 9 nitrogen and oxygen atoms in total. The first kappa shape index (κ1) is 31.8. The van der Waals surface area contributed by atoms with Crippen LogP contribution in [0.25, 0.3) is 32.9 Å². The summed E-state index contributed by atoms with van der Waals surface area (Å²) in [6, 6.07) is 6.52. The summed E-state index contributed by atoms with van der Waals surface area (Å²) < 4.78 is 69.4.